The van der Waals surface area contributed by atoms with Gasteiger partial charge in [-0.1, -0.05) is 45.7 Å². The Kier molecular flexibility index (Phi) is 6.80. The zero-order valence-electron chi connectivity index (χ0n) is 18.3. The molecule has 2 amide bonds. The van der Waals surface area contributed by atoms with Crippen LogP contribution in [0.2, 0.25) is 0 Å². The van der Waals surface area contributed by atoms with Crippen molar-refractivity contribution in [2.24, 2.45) is 0 Å². The molecule has 0 spiro atoms. The number of amides is 2. The molecular weight excluding hydrogens is 380 g/mol. The van der Waals surface area contributed by atoms with Crippen LogP contribution in [-0.2, 0) is 21.5 Å². The molecule has 1 atom stereocenters. The zero-order valence-corrected chi connectivity index (χ0v) is 18.3. The van der Waals surface area contributed by atoms with Gasteiger partial charge in [0, 0.05) is 12.2 Å². The Morgan fingerprint density at radius 3 is 2.50 bits per heavy atom. The number of rotatable bonds is 7. The van der Waals surface area contributed by atoms with Crippen molar-refractivity contribution in [3.05, 3.63) is 42.2 Å². The smallest absolute Gasteiger partial charge is 0.265 e. The number of benzene rings is 1. The molecule has 2 N–H and O–H groups in total. The summed E-state index contributed by atoms with van der Waals surface area (Å²) in [5.41, 5.74) is 1.80. The Hall–Kier alpha value is -2.83. The van der Waals surface area contributed by atoms with Crippen molar-refractivity contribution in [3.8, 4) is 5.75 Å². The minimum absolute atomic E-state index is 0.0571. The van der Waals surface area contributed by atoms with Crippen molar-refractivity contribution in [3.63, 3.8) is 0 Å². The molecule has 1 unspecified atom stereocenters. The van der Waals surface area contributed by atoms with Gasteiger partial charge in [0.05, 0.1) is 11.9 Å². The number of nitrogens with zero attached hydrogens (tertiary/aromatic N) is 2. The summed E-state index contributed by atoms with van der Waals surface area (Å²) in [6.07, 6.45) is 6.95. The summed E-state index contributed by atoms with van der Waals surface area (Å²) in [6, 6.07) is 8.07. The third-order valence-electron chi connectivity index (χ3n) is 5.33. The molecule has 1 aromatic heterocycles. The number of carbonyl (C=O) groups excluding carboxylic acids is 2. The number of anilines is 1. The summed E-state index contributed by atoms with van der Waals surface area (Å²) in [5.74, 6) is 0.313. The fraction of sp³-hybridized carbons (Fsp3) is 0.522. The van der Waals surface area contributed by atoms with Crippen LogP contribution < -0.4 is 15.4 Å². The van der Waals surface area contributed by atoms with E-state index in [4.69, 9.17) is 4.74 Å². The highest BCUT2D eigenvalue weighted by Gasteiger charge is 2.19. The Morgan fingerprint density at radius 2 is 1.87 bits per heavy atom. The van der Waals surface area contributed by atoms with Crippen molar-refractivity contribution < 1.29 is 14.3 Å². The van der Waals surface area contributed by atoms with E-state index in [9.17, 15) is 9.59 Å². The molecule has 30 heavy (non-hydrogen) atoms. The van der Waals surface area contributed by atoms with Crippen LogP contribution in [0.1, 0.15) is 58.9 Å². The van der Waals surface area contributed by atoms with Gasteiger partial charge in [0.1, 0.15) is 12.3 Å². The Labute approximate surface area is 178 Å². The molecule has 7 nitrogen and oxygen atoms in total. The van der Waals surface area contributed by atoms with E-state index in [-0.39, 0.29) is 29.8 Å². The van der Waals surface area contributed by atoms with Crippen molar-refractivity contribution >= 4 is 17.5 Å². The summed E-state index contributed by atoms with van der Waals surface area (Å²) in [4.78, 5) is 24.6. The molecule has 162 valence electrons. The number of aromatic nitrogens is 2. The lowest BCUT2D eigenvalue weighted by atomic mass is 9.87. The average molecular weight is 413 g/mol. The molecule has 1 aliphatic rings. The molecule has 2 aromatic rings. The average Bonchev–Trinajstić information content (AvgIpc) is 3.33. The lowest BCUT2D eigenvalue weighted by Crippen LogP contribution is -2.35. The molecule has 0 bridgehead atoms. The quantitative estimate of drug-likeness (QED) is 0.727. The van der Waals surface area contributed by atoms with Gasteiger partial charge in [-0.2, -0.15) is 5.10 Å². The molecule has 0 saturated heterocycles. The van der Waals surface area contributed by atoms with Crippen LogP contribution in [0, 0.1) is 0 Å². The van der Waals surface area contributed by atoms with Crippen LogP contribution >= 0.6 is 0 Å². The monoisotopic (exact) mass is 412 g/mol. The van der Waals surface area contributed by atoms with Gasteiger partial charge >= 0.3 is 0 Å². The SMILES string of the molecule is CC(Oc1ccc(C(C)(C)C)cc1)C(=O)Nc1cnn(CC(=O)NC2CCCC2)c1. The van der Waals surface area contributed by atoms with Crippen molar-refractivity contribution in [1.29, 1.82) is 0 Å². The van der Waals surface area contributed by atoms with Crippen LogP contribution in [-0.4, -0.2) is 33.7 Å². The first-order chi connectivity index (χ1) is 14.2. The topological polar surface area (TPSA) is 85.2 Å². The maximum absolute atomic E-state index is 12.5. The van der Waals surface area contributed by atoms with E-state index in [0.717, 1.165) is 12.8 Å². The van der Waals surface area contributed by atoms with Crippen LogP contribution in [0.3, 0.4) is 0 Å². The van der Waals surface area contributed by atoms with E-state index >= 15 is 0 Å². The predicted molar refractivity (Wildman–Crippen MR) is 116 cm³/mol. The van der Waals surface area contributed by atoms with E-state index in [1.54, 1.807) is 13.1 Å². The van der Waals surface area contributed by atoms with Gasteiger partial charge in [-0.25, -0.2) is 0 Å². The first-order valence-corrected chi connectivity index (χ1v) is 10.6. The first-order valence-electron chi connectivity index (χ1n) is 10.6. The molecule has 1 fully saturated rings. The summed E-state index contributed by atoms with van der Waals surface area (Å²) < 4.78 is 7.28. The molecule has 1 heterocycles. The molecule has 1 saturated carbocycles. The number of ether oxygens (including phenoxy) is 1. The van der Waals surface area contributed by atoms with Gasteiger partial charge in [0.2, 0.25) is 5.91 Å². The van der Waals surface area contributed by atoms with Gasteiger partial charge in [0.15, 0.2) is 6.10 Å². The number of nitrogens with one attached hydrogen (secondary N) is 2. The molecular formula is C23H32N4O3. The van der Waals surface area contributed by atoms with E-state index in [1.165, 1.54) is 29.3 Å². The number of hydrogen-bond acceptors (Lipinski definition) is 4. The lowest BCUT2D eigenvalue weighted by molar-refractivity contribution is -0.123. The molecule has 7 heteroatoms. The van der Waals surface area contributed by atoms with Crippen LogP contribution in [0.4, 0.5) is 5.69 Å². The van der Waals surface area contributed by atoms with E-state index in [1.807, 2.05) is 24.3 Å². The van der Waals surface area contributed by atoms with Crippen LogP contribution in [0.15, 0.2) is 36.7 Å². The van der Waals surface area contributed by atoms with E-state index < -0.39 is 6.10 Å². The van der Waals surface area contributed by atoms with Crippen molar-refractivity contribution in [2.75, 3.05) is 5.32 Å². The third kappa shape index (κ3) is 6.08. The van der Waals surface area contributed by atoms with Gasteiger partial charge in [-0.15, -0.1) is 0 Å². The Bertz CT molecular complexity index is 861. The minimum atomic E-state index is -0.667. The largest absolute Gasteiger partial charge is 0.481 e. The summed E-state index contributed by atoms with van der Waals surface area (Å²) in [7, 11) is 0. The number of carbonyl (C=O) groups is 2. The highest BCUT2D eigenvalue weighted by molar-refractivity contribution is 5.93. The lowest BCUT2D eigenvalue weighted by Gasteiger charge is -2.20. The zero-order chi connectivity index (χ0) is 21.7. The van der Waals surface area contributed by atoms with Gasteiger partial charge in [-0.3, -0.25) is 14.3 Å². The maximum atomic E-state index is 12.5. The second-order valence-electron chi connectivity index (χ2n) is 9.00. The molecule has 1 aliphatic carbocycles. The van der Waals surface area contributed by atoms with E-state index in [2.05, 4.69) is 36.5 Å². The van der Waals surface area contributed by atoms with Crippen LogP contribution in [0.5, 0.6) is 5.75 Å². The Balaban J connectivity index is 1.48. The molecule has 0 radical (unpaired) electrons. The summed E-state index contributed by atoms with van der Waals surface area (Å²) >= 11 is 0. The summed E-state index contributed by atoms with van der Waals surface area (Å²) in [6.45, 7) is 8.29. The Morgan fingerprint density at radius 1 is 1.20 bits per heavy atom. The van der Waals surface area contributed by atoms with Crippen LogP contribution in [0.25, 0.3) is 0 Å². The predicted octanol–water partition coefficient (Wildman–Crippen LogP) is 3.65. The second kappa shape index (κ2) is 9.32. The minimum Gasteiger partial charge on any atom is -0.481 e. The summed E-state index contributed by atoms with van der Waals surface area (Å²) in [5, 5.41) is 9.97. The van der Waals surface area contributed by atoms with E-state index in [0.29, 0.717) is 11.4 Å². The highest BCUT2D eigenvalue weighted by atomic mass is 16.5. The standard InChI is InChI=1S/C23H32N4O3/c1-16(30-20-11-9-17(10-12-20)23(2,3)4)22(29)26-19-13-24-27(14-19)15-21(28)25-18-7-5-6-8-18/h9-14,16,18H,5-8,15H2,1-4H3,(H,25,28)(H,26,29). The van der Waals surface area contributed by atoms with Gasteiger partial charge in [-0.05, 0) is 42.9 Å². The van der Waals surface area contributed by atoms with Crippen molar-refractivity contribution in [1.82, 2.24) is 15.1 Å². The fourth-order valence-corrected chi connectivity index (χ4v) is 3.54. The molecule has 0 aliphatic heterocycles. The highest BCUT2D eigenvalue weighted by Crippen LogP contribution is 2.24. The maximum Gasteiger partial charge on any atom is 0.265 e. The fourth-order valence-electron chi connectivity index (χ4n) is 3.54. The normalized spacial score (nSPS) is 15.6. The van der Waals surface area contributed by atoms with Gasteiger partial charge in [0.25, 0.3) is 5.91 Å². The van der Waals surface area contributed by atoms with Gasteiger partial charge < -0.3 is 15.4 Å². The first kappa shape index (κ1) is 21.9. The number of hydrogen-bond donors (Lipinski definition) is 2. The van der Waals surface area contributed by atoms with Crippen molar-refractivity contribution in [2.45, 2.75) is 77.5 Å². The molecule has 3 rings (SSSR count). The second-order valence-corrected chi connectivity index (χ2v) is 9.00. The third-order valence-corrected chi connectivity index (χ3v) is 5.33. The molecule has 1 aromatic carbocycles.